The van der Waals surface area contributed by atoms with E-state index in [1.54, 1.807) is 6.92 Å². The second kappa shape index (κ2) is 11.4. The summed E-state index contributed by atoms with van der Waals surface area (Å²) in [6.45, 7) is 12.5. The van der Waals surface area contributed by atoms with Gasteiger partial charge in [-0.25, -0.2) is 0 Å². The molecule has 1 aromatic rings. The smallest absolute Gasteiger partial charge is 0.155 e. The van der Waals surface area contributed by atoms with Gasteiger partial charge in [-0.1, -0.05) is 69.0 Å². The van der Waals surface area contributed by atoms with E-state index in [1.807, 2.05) is 0 Å². The molecule has 0 radical (unpaired) electrons. The lowest BCUT2D eigenvalue weighted by Crippen LogP contribution is -2.33. The van der Waals surface area contributed by atoms with Gasteiger partial charge in [0.05, 0.1) is 5.60 Å². The Balaban J connectivity index is 0.000000461. The molecule has 22 heavy (non-hydrogen) atoms. The molecule has 0 N–H and O–H groups in total. The molecule has 126 valence electrons. The van der Waals surface area contributed by atoms with E-state index in [4.69, 9.17) is 4.74 Å². The first-order chi connectivity index (χ1) is 10.4. The molecule has 0 aliphatic heterocycles. The normalized spacial score (nSPS) is 10.8. The minimum absolute atomic E-state index is 0.0465. The Morgan fingerprint density at radius 1 is 1.05 bits per heavy atom. The fourth-order valence-corrected chi connectivity index (χ4v) is 2.70. The van der Waals surface area contributed by atoms with Crippen LogP contribution >= 0.6 is 0 Å². The highest BCUT2D eigenvalue weighted by Gasteiger charge is 2.27. The molecule has 1 rings (SSSR count). The average Bonchev–Trinajstić information content (AvgIpc) is 2.45. The molecule has 0 spiro atoms. The van der Waals surface area contributed by atoms with Gasteiger partial charge in [0.25, 0.3) is 0 Å². The molecule has 2 nitrogen and oxygen atoms in total. The zero-order valence-corrected chi connectivity index (χ0v) is 15.4. The molecule has 0 aromatic heterocycles. The van der Waals surface area contributed by atoms with Gasteiger partial charge in [0, 0.05) is 0 Å². The van der Waals surface area contributed by atoms with Crippen LogP contribution in [0.2, 0.25) is 0 Å². The van der Waals surface area contributed by atoms with E-state index in [1.165, 1.54) is 11.1 Å². The predicted octanol–water partition coefficient (Wildman–Crippen LogP) is 5.64. The first kappa shape index (κ1) is 20.9. The standard InChI is InChI=1S/C12H24O2.C8H10/c1-5-8-12(7-3,9-6-2)14-10-11(4)13;1-7-4-3-5-8(2)6-7/h5-10H2,1-4H3;3-6H,1-2H3. The Kier molecular flexibility index (Phi) is 10.8. The van der Waals surface area contributed by atoms with E-state index in [0.717, 1.165) is 32.1 Å². The topological polar surface area (TPSA) is 26.3 Å². The first-order valence-corrected chi connectivity index (χ1v) is 8.55. The third-order valence-corrected chi connectivity index (χ3v) is 3.81. The summed E-state index contributed by atoms with van der Waals surface area (Å²) in [6, 6.07) is 8.45. The van der Waals surface area contributed by atoms with Crippen LogP contribution in [0.5, 0.6) is 0 Å². The molecule has 2 heteroatoms. The lowest BCUT2D eigenvalue weighted by atomic mass is 9.89. The van der Waals surface area contributed by atoms with E-state index in [0.29, 0.717) is 0 Å². The largest absolute Gasteiger partial charge is 0.367 e. The number of Topliss-reactive ketones (excluding diaryl/α,β-unsaturated/α-hetero) is 1. The molecule has 0 saturated carbocycles. The van der Waals surface area contributed by atoms with E-state index < -0.39 is 0 Å². The van der Waals surface area contributed by atoms with Gasteiger partial charge in [0.1, 0.15) is 6.61 Å². The van der Waals surface area contributed by atoms with Gasteiger partial charge in [-0.2, -0.15) is 0 Å². The third-order valence-electron chi connectivity index (χ3n) is 3.81. The van der Waals surface area contributed by atoms with Crippen molar-refractivity contribution in [3.63, 3.8) is 0 Å². The summed E-state index contributed by atoms with van der Waals surface area (Å²) in [4.78, 5) is 10.9. The molecule has 0 amide bonds. The predicted molar refractivity (Wildman–Crippen MR) is 95.4 cm³/mol. The number of hydrogen-bond acceptors (Lipinski definition) is 2. The van der Waals surface area contributed by atoms with Gasteiger partial charge < -0.3 is 4.74 Å². The van der Waals surface area contributed by atoms with Gasteiger partial charge in [0.2, 0.25) is 0 Å². The van der Waals surface area contributed by atoms with Crippen LogP contribution in [0.3, 0.4) is 0 Å². The van der Waals surface area contributed by atoms with Crippen LogP contribution in [0.1, 0.15) is 70.9 Å². The summed E-state index contributed by atoms with van der Waals surface area (Å²) >= 11 is 0. The number of ketones is 1. The van der Waals surface area contributed by atoms with E-state index in [9.17, 15) is 4.79 Å². The molecule has 0 atom stereocenters. The second-order valence-electron chi connectivity index (χ2n) is 6.19. The van der Waals surface area contributed by atoms with Crippen LogP contribution in [0, 0.1) is 13.8 Å². The van der Waals surface area contributed by atoms with Crippen LogP contribution < -0.4 is 0 Å². The van der Waals surface area contributed by atoms with Gasteiger partial charge >= 0.3 is 0 Å². The van der Waals surface area contributed by atoms with Crippen molar-refractivity contribution in [3.05, 3.63) is 35.4 Å². The van der Waals surface area contributed by atoms with Crippen LogP contribution in [0.4, 0.5) is 0 Å². The molecule has 0 unspecified atom stereocenters. The molecule has 0 aliphatic carbocycles. The fraction of sp³-hybridized carbons (Fsp3) is 0.650. The highest BCUT2D eigenvalue weighted by Crippen LogP contribution is 2.27. The summed E-state index contributed by atoms with van der Waals surface area (Å²) in [5.41, 5.74) is 2.63. The molecular weight excluding hydrogens is 272 g/mol. The van der Waals surface area contributed by atoms with Crippen molar-refractivity contribution in [3.8, 4) is 0 Å². The maximum absolute atomic E-state index is 10.9. The Bertz CT molecular complexity index is 400. The number of aryl methyl sites for hydroxylation is 2. The average molecular weight is 306 g/mol. The maximum Gasteiger partial charge on any atom is 0.155 e. The van der Waals surface area contributed by atoms with Crippen molar-refractivity contribution in [1.82, 2.24) is 0 Å². The van der Waals surface area contributed by atoms with Crippen molar-refractivity contribution < 1.29 is 9.53 Å². The Morgan fingerprint density at radius 2 is 1.55 bits per heavy atom. The summed E-state index contributed by atoms with van der Waals surface area (Å²) in [7, 11) is 0. The van der Waals surface area contributed by atoms with Crippen LogP contribution in [-0.4, -0.2) is 18.0 Å². The van der Waals surface area contributed by atoms with Crippen molar-refractivity contribution >= 4 is 5.78 Å². The lowest BCUT2D eigenvalue weighted by Gasteiger charge is -2.32. The van der Waals surface area contributed by atoms with Crippen molar-refractivity contribution in [2.45, 2.75) is 79.2 Å². The zero-order chi connectivity index (χ0) is 17.0. The summed E-state index contributed by atoms with van der Waals surface area (Å²) in [5.74, 6) is 0.120. The fourth-order valence-electron chi connectivity index (χ4n) is 2.70. The minimum Gasteiger partial charge on any atom is -0.367 e. The number of hydrogen-bond donors (Lipinski definition) is 0. The highest BCUT2D eigenvalue weighted by atomic mass is 16.5. The van der Waals surface area contributed by atoms with Crippen LogP contribution in [0.15, 0.2) is 24.3 Å². The van der Waals surface area contributed by atoms with Crippen molar-refractivity contribution in [2.24, 2.45) is 0 Å². The zero-order valence-electron chi connectivity index (χ0n) is 15.4. The van der Waals surface area contributed by atoms with Gasteiger partial charge in [-0.15, -0.1) is 0 Å². The molecule has 0 heterocycles. The molecule has 0 aliphatic rings. The van der Waals surface area contributed by atoms with Crippen LogP contribution in [0.25, 0.3) is 0 Å². The number of rotatable bonds is 8. The number of benzene rings is 1. The summed E-state index contributed by atoms with van der Waals surface area (Å²) in [5, 5.41) is 0. The molecule has 0 saturated heterocycles. The Hall–Kier alpha value is -1.15. The third kappa shape index (κ3) is 8.99. The summed E-state index contributed by atoms with van der Waals surface area (Å²) < 4.78 is 5.77. The van der Waals surface area contributed by atoms with Gasteiger partial charge in [-0.05, 0) is 40.0 Å². The Morgan fingerprint density at radius 3 is 1.82 bits per heavy atom. The SMILES string of the molecule is CCCC(CC)(CCC)OCC(C)=O.Cc1cccc(C)c1. The Labute approximate surface area is 137 Å². The molecule has 1 aromatic carbocycles. The molecular formula is C20H34O2. The van der Waals surface area contributed by atoms with Gasteiger partial charge in [0.15, 0.2) is 5.78 Å². The molecule has 0 bridgehead atoms. The second-order valence-corrected chi connectivity index (χ2v) is 6.19. The van der Waals surface area contributed by atoms with Crippen LogP contribution in [-0.2, 0) is 9.53 Å². The highest BCUT2D eigenvalue weighted by molar-refractivity contribution is 5.76. The summed E-state index contributed by atoms with van der Waals surface area (Å²) in [6.07, 6.45) is 5.36. The lowest BCUT2D eigenvalue weighted by molar-refractivity contribution is -0.131. The van der Waals surface area contributed by atoms with Gasteiger partial charge in [-0.3, -0.25) is 4.79 Å². The number of ether oxygens (including phenoxy) is 1. The molecule has 0 fully saturated rings. The number of carbonyl (C=O) groups excluding carboxylic acids is 1. The monoisotopic (exact) mass is 306 g/mol. The minimum atomic E-state index is -0.0465. The van der Waals surface area contributed by atoms with E-state index in [-0.39, 0.29) is 18.0 Å². The quantitative estimate of drug-likeness (QED) is 0.621. The maximum atomic E-state index is 10.9. The van der Waals surface area contributed by atoms with Crippen molar-refractivity contribution in [1.29, 1.82) is 0 Å². The first-order valence-electron chi connectivity index (χ1n) is 8.55. The number of carbonyl (C=O) groups is 1. The van der Waals surface area contributed by atoms with Crippen molar-refractivity contribution in [2.75, 3.05) is 6.61 Å². The van der Waals surface area contributed by atoms with E-state index in [2.05, 4.69) is 58.9 Å². The van der Waals surface area contributed by atoms with E-state index >= 15 is 0 Å².